The first kappa shape index (κ1) is 13.8. The molecule has 0 aliphatic carbocycles. The smallest absolute Gasteiger partial charge is 0.270 e. The second kappa shape index (κ2) is 5.92. The number of non-ortho nitro benzene ring substituents is 1. The van der Waals surface area contributed by atoms with E-state index in [-0.39, 0.29) is 17.0 Å². The van der Waals surface area contributed by atoms with E-state index in [1.165, 1.54) is 18.2 Å². The van der Waals surface area contributed by atoms with Gasteiger partial charge < -0.3 is 0 Å². The number of nitrogens with zero attached hydrogens (tertiary/aromatic N) is 2. The van der Waals surface area contributed by atoms with Crippen LogP contribution in [0.2, 0.25) is 0 Å². The molecule has 5 nitrogen and oxygen atoms in total. The third-order valence-electron chi connectivity index (χ3n) is 2.75. The normalized spacial score (nSPS) is 11.6. The van der Waals surface area contributed by atoms with Crippen LogP contribution >= 0.6 is 0 Å². The van der Waals surface area contributed by atoms with Crippen molar-refractivity contribution in [2.75, 3.05) is 0 Å². The van der Waals surface area contributed by atoms with Crippen LogP contribution < -0.4 is 0 Å². The lowest BCUT2D eigenvalue weighted by Gasteiger charge is -2.09. The minimum absolute atomic E-state index is 0.128. The molecule has 0 aromatic heterocycles. The number of Topliss-reactive ketones (excluding diaryl/α,β-unsaturated/α-hetero) is 1. The number of rotatable bonds is 5. The van der Waals surface area contributed by atoms with Gasteiger partial charge >= 0.3 is 0 Å². The molecule has 0 amide bonds. The largest absolute Gasteiger partial charge is 0.293 e. The number of ketones is 1. The molecule has 1 aromatic rings. The predicted molar refractivity (Wildman–Crippen MR) is 66.2 cm³/mol. The fourth-order valence-corrected chi connectivity index (χ4v) is 1.72. The van der Waals surface area contributed by atoms with Crippen LogP contribution in [0.3, 0.4) is 0 Å². The molecule has 18 heavy (non-hydrogen) atoms. The summed E-state index contributed by atoms with van der Waals surface area (Å²) < 4.78 is 0. The molecule has 1 atom stereocenters. The Kier molecular flexibility index (Phi) is 4.55. The molecule has 0 saturated carbocycles. The number of hydrogen-bond acceptors (Lipinski definition) is 4. The Hall–Kier alpha value is -2.22. The Labute approximate surface area is 105 Å². The van der Waals surface area contributed by atoms with Crippen LogP contribution in [0.25, 0.3) is 0 Å². The Morgan fingerprint density at radius 1 is 1.56 bits per heavy atom. The van der Waals surface area contributed by atoms with Gasteiger partial charge in [-0.25, -0.2) is 0 Å². The van der Waals surface area contributed by atoms with E-state index in [4.69, 9.17) is 5.26 Å². The Bertz CT molecular complexity index is 517. The minimum atomic E-state index is -0.726. The molecular weight excluding hydrogens is 232 g/mol. The molecule has 0 spiro atoms. The third-order valence-corrected chi connectivity index (χ3v) is 2.75. The second-order valence-electron chi connectivity index (χ2n) is 4.09. The fourth-order valence-electron chi connectivity index (χ4n) is 1.72. The number of nitro groups is 1. The highest BCUT2D eigenvalue weighted by Gasteiger charge is 2.22. The average Bonchev–Trinajstić information content (AvgIpc) is 2.35. The standard InChI is InChI=1S/C13H14N2O3/c1-3-4-10(8-14)13(16)12-7-11(15(17)18)6-5-9(12)2/h5-7,10H,3-4H2,1-2H3. The van der Waals surface area contributed by atoms with Crippen LogP contribution in [0.1, 0.15) is 35.7 Å². The highest BCUT2D eigenvalue weighted by atomic mass is 16.6. The topological polar surface area (TPSA) is 84.0 Å². The SMILES string of the molecule is CCCC(C#N)C(=O)c1cc([N+](=O)[O-])ccc1C. The zero-order chi connectivity index (χ0) is 13.7. The van der Waals surface area contributed by atoms with Crippen LogP contribution in [-0.2, 0) is 0 Å². The summed E-state index contributed by atoms with van der Waals surface area (Å²) in [4.78, 5) is 22.3. The first-order valence-electron chi connectivity index (χ1n) is 5.70. The summed E-state index contributed by atoms with van der Waals surface area (Å²) in [6, 6.07) is 6.09. The maximum absolute atomic E-state index is 12.1. The maximum Gasteiger partial charge on any atom is 0.270 e. The Balaban J connectivity index is 3.15. The molecule has 5 heteroatoms. The highest BCUT2D eigenvalue weighted by molar-refractivity contribution is 6.01. The van der Waals surface area contributed by atoms with Crippen molar-refractivity contribution in [1.29, 1.82) is 5.26 Å². The molecular formula is C13H14N2O3. The number of aryl methyl sites for hydroxylation is 1. The fraction of sp³-hybridized carbons (Fsp3) is 0.385. The molecule has 0 radical (unpaired) electrons. The van der Waals surface area contributed by atoms with Gasteiger partial charge in [0.2, 0.25) is 0 Å². The van der Waals surface area contributed by atoms with Crippen LogP contribution in [0.15, 0.2) is 18.2 Å². The molecule has 0 N–H and O–H groups in total. The lowest BCUT2D eigenvalue weighted by Crippen LogP contribution is -2.14. The van der Waals surface area contributed by atoms with Gasteiger partial charge in [0.15, 0.2) is 5.78 Å². The van der Waals surface area contributed by atoms with Gasteiger partial charge in [0.25, 0.3) is 5.69 Å². The van der Waals surface area contributed by atoms with E-state index < -0.39 is 10.8 Å². The molecule has 1 aromatic carbocycles. The van der Waals surface area contributed by atoms with Gasteiger partial charge in [-0.1, -0.05) is 19.4 Å². The number of carbonyl (C=O) groups excluding carboxylic acids is 1. The number of nitro benzene ring substituents is 1. The van der Waals surface area contributed by atoms with E-state index in [2.05, 4.69) is 0 Å². The van der Waals surface area contributed by atoms with Crippen molar-refractivity contribution in [3.63, 3.8) is 0 Å². The number of hydrogen-bond donors (Lipinski definition) is 0. The molecule has 0 heterocycles. The number of nitriles is 1. The first-order chi connectivity index (χ1) is 8.51. The molecule has 0 fully saturated rings. The molecule has 0 bridgehead atoms. The molecule has 1 rings (SSSR count). The lowest BCUT2D eigenvalue weighted by atomic mass is 9.92. The first-order valence-corrected chi connectivity index (χ1v) is 5.70. The van der Waals surface area contributed by atoms with Crippen LogP contribution in [0.5, 0.6) is 0 Å². The molecule has 1 unspecified atom stereocenters. The number of benzene rings is 1. The van der Waals surface area contributed by atoms with E-state index in [9.17, 15) is 14.9 Å². The van der Waals surface area contributed by atoms with E-state index in [0.717, 1.165) is 6.42 Å². The molecule has 0 saturated heterocycles. The van der Waals surface area contributed by atoms with Crippen LogP contribution in [0, 0.1) is 34.3 Å². The average molecular weight is 246 g/mol. The summed E-state index contributed by atoms with van der Waals surface area (Å²) in [6.07, 6.45) is 1.19. The van der Waals surface area contributed by atoms with Gasteiger partial charge in [-0.05, 0) is 18.9 Å². The van der Waals surface area contributed by atoms with Gasteiger partial charge in [-0.2, -0.15) is 5.26 Å². The van der Waals surface area contributed by atoms with Crippen molar-refractivity contribution in [1.82, 2.24) is 0 Å². The third kappa shape index (κ3) is 2.92. The quantitative estimate of drug-likeness (QED) is 0.454. The molecule has 0 aliphatic heterocycles. The zero-order valence-corrected chi connectivity index (χ0v) is 10.3. The van der Waals surface area contributed by atoms with E-state index in [1.807, 2.05) is 13.0 Å². The summed E-state index contributed by atoms with van der Waals surface area (Å²) in [6.45, 7) is 3.59. The van der Waals surface area contributed by atoms with Gasteiger partial charge in [-0.15, -0.1) is 0 Å². The van der Waals surface area contributed by atoms with E-state index >= 15 is 0 Å². The Morgan fingerprint density at radius 3 is 2.72 bits per heavy atom. The highest BCUT2D eigenvalue weighted by Crippen LogP contribution is 2.21. The summed E-state index contributed by atoms with van der Waals surface area (Å²) in [5.41, 5.74) is 0.795. The second-order valence-corrected chi connectivity index (χ2v) is 4.09. The summed E-state index contributed by atoms with van der Waals surface area (Å²) in [5, 5.41) is 19.6. The zero-order valence-electron chi connectivity index (χ0n) is 10.3. The van der Waals surface area contributed by atoms with Crippen LogP contribution in [0.4, 0.5) is 5.69 Å². The van der Waals surface area contributed by atoms with E-state index in [0.29, 0.717) is 12.0 Å². The summed E-state index contributed by atoms with van der Waals surface area (Å²) in [7, 11) is 0. The molecule has 94 valence electrons. The maximum atomic E-state index is 12.1. The van der Waals surface area contributed by atoms with Gasteiger partial charge in [-0.3, -0.25) is 14.9 Å². The van der Waals surface area contributed by atoms with E-state index in [1.54, 1.807) is 6.92 Å². The Morgan fingerprint density at radius 2 is 2.22 bits per heavy atom. The predicted octanol–water partition coefficient (Wildman–Crippen LogP) is 3.03. The van der Waals surface area contributed by atoms with Crippen molar-refractivity contribution in [2.45, 2.75) is 26.7 Å². The van der Waals surface area contributed by atoms with Crippen molar-refractivity contribution < 1.29 is 9.72 Å². The van der Waals surface area contributed by atoms with Crippen molar-refractivity contribution in [3.8, 4) is 6.07 Å². The molecule has 0 aliphatic rings. The van der Waals surface area contributed by atoms with Crippen LogP contribution in [-0.4, -0.2) is 10.7 Å². The van der Waals surface area contributed by atoms with Gasteiger partial charge in [0.05, 0.1) is 11.0 Å². The van der Waals surface area contributed by atoms with Gasteiger partial charge in [0, 0.05) is 17.7 Å². The summed E-state index contributed by atoms with van der Waals surface area (Å²) >= 11 is 0. The monoisotopic (exact) mass is 246 g/mol. The van der Waals surface area contributed by atoms with Gasteiger partial charge in [0.1, 0.15) is 5.92 Å². The van der Waals surface area contributed by atoms with Crippen molar-refractivity contribution >= 4 is 11.5 Å². The minimum Gasteiger partial charge on any atom is -0.293 e. The number of carbonyl (C=O) groups is 1. The van der Waals surface area contributed by atoms with Crippen molar-refractivity contribution in [2.24, 2.45) is 5.92 Å². The lowest BCUT2D eigenvalue weighted by molar-refractivity contribution is -0.384. The summed E-state index contributed by atoms with van der Waals surface area (Å²) in [5.74, 6) is -1.06. The van der Waals surface area contributed by atoms with Crippen molar-refractivity contribution in [3.05, 3.63) is 39.4 Å².